The second-order valence-electron chi connectivity index (χ2n) is 8.96. The van der Waals surface area contributed by atoms with Gasteiger partial charge in [-0.3, -0.25) is 9.59 Å². The number of rotatable bonds is 10. The Bertz CT molecular complexity index is 1150. The van der Waals surface area contributed by atoms with Crippen LogP contribution in [-0.4, -0.2) is 28.8 Å². The molecule has 0 saturated carbocycles. The number of halogens is 2. The van der Waals surface area contributed by atoms with E-state index in [4.69, 9.17) is 23.2 Å². The summed E-state index contributed by atoms with van der Waals surface area (Å²) in [5.41, 5.74) is 3.82. The Hall–Kier alpha value is -2.82. The smallest absolute Gasteiger partial charge is 0.243 e. The zero-order valence-corrected chi connectivity index (χ0v) is 21.9. The highest BCUT2D eigenvalue weighted by Crippen LogP contribution is 2.24. The highest BCUT2D eigenvalue weighted by molar-refractivity contribution is 6.42. The predicted molar refractivity (Wildman–Crippen MR) is 144 cm³/mol. The van der Waals surface area contributed by atoms with E-state index in [1.807, 2.05) is 75.4 Å². The first kappa shape index (κ1) is 26.8. The molecule has 6 heteroatoms. The van der Waals surface area contributed by atoms with Crippen LogP contribution in [0.15, 0.2) is 72.8 Å². The predicted octanol–water partition coefficient (Wildman–Crippen LogP) is 6.40. The van der Waals surface area contributed by atoms with Gasteiger partial charge < -0.3 is 10.2 Å². The van der Waals surface area contributed by atoms with Crippen molar-refractivity contribution < 1.29 is 9.59 Å². The van der Waals surface area contributed by atoms with E-state index in [1.54, 1.807) is 23.1 Å². The molecule has 3 aromatic carbocycles. The third-order valence-corrected chi connectivity index (χ3v) is 6.79. The summed E-state index contributed by atoms with van der Waals surface area (Å²) in [6.07, 6.45) is 1.34. The van der Waals surface area contributed by atoms with Crippen molar-refractivity contribution in [3.05, 3.63) is 105 Å². The van der Waals surface area contributed by atoms with E-state index in [-0.39, 0.29) is 24.3 Å². The number of carbonyl (C=O) groups excluding carboxylic acids is 2. The van der Waals surface area contributed by atoms with Crippen molar-refractivity contribution in [2.24, 2.45) is 0 Å². The Morgan fingerprint density at radius 2 is 1.60 bits per heavy atom. The molecule has 0 unspecified atom stereocenters. The van der Waals surface area contributed by atoms with E-state index < -0.39 is 6.04 Å². The van der Waals surface area contributed by atoms with Gasteiger partial charge in [0.15, 0.2) is 0 Å². The summed E-state index contributed by atoms with van der Waals surface area (Å²) in [7, 11) is 0. The van der Waals surface area contributed by atoms with E-state index in [1.165, 1.54) is 0 Å². The molecule has 0 aliphatic heterocycles. The number of amides is 2. The second-order valence-corrected chi connectivity index (χ2v) is 9.77. The maximum Gasteiger partial charge on any atom is 0.243 e. The molecule has 2 atom stereocenters. The number of nitrogens with one attached hydrogen (secondary N) is 1. The minimum atomic E-state index is -0.665. The maximum absolute atomic E-state index is 13.8. The van der Waals surface area contributed by atoms with Gasteiger partial charge in [0, 0.05) is 19.0 Å². The van der Waals surface area contributed by atoms with Crippen molar-refractivity contribution >= 4 is 35.0 Å². The lowest BCUT2D eigenvalue weighted by Gasteiger charge is -2.32. The van der Waals surface area contributed by atoms with Crippen molar-refractivity contribution in [2.75, 3.05) is 0 Å². The van der Waals surface area contributed by atoms with Gasteiger partial charge in [-0.05, 0) is 49.1 Å². The quantitative estimate of drug-likeness (QED) is 0.343. The Morgan fingerprint density at radius 1 is 0.886 bits per heavy atom. The van der Waals surface area contributed by atoms with Crippen LogP contribution >= 0.6 is 23.2 Å². The fourth-order valence-corrected chi connectivity index (χ4v) is 4.25. The summed E-state index contributed by atoms with van der Waals surface area (Å²) >= 11 is 12.3. The molecule has 2 amide bonds. The van der Waals surface area contributed by atoms with Crippen molar-refractivity contribution in [3.8, 4) is 0 Å². The number of hydrogen-bond donors (Lipinski definition) is 1. The lowest BCUT2D eigenvalue weighted by molar-refractivity contribution is -0.141. The first-order valence-corrected chi connectivity index (χ1v) is 12.7. The van der Waals surface area contributed by atoms with Gasteiger partial charge in [-0.1, -0.05) is 96.4 Å². The van der Waals surface area contributed by atoms with Crippen molar-refractivity contribution in [1.82, 2.24) is 10.2 Å². The molecular weight excluding hydrogens is 479 g/mol. The molecule has 184 valence electrons. The van der Waals surface area contributed by atoms with Gasteiger partial charge in [0.25, 0.3) is 0 Å². The molecule has 4 nitrogen and oxygen atoms in total. The fourth-order valence-electron chi connectivity index (χ4n) is 3.93. The zero-order valence-electron chi connectivity index (χ0n) is 20.4. The minimum Gasteiger partial charge on any atom is -0.352 e. The Kier molecular flexibility index (Phi) is 9.76. The van der Waals surface area contributed by atoms with Crippen molar-refractivity contribution in [1.29, 1.82) is 0 Å². The van der Waals surface area contributed by atoms with Gasteiger partial charge in [0.2, 0.25) is 11.8 Å². The van der Waals surface area contributed by atoms with E-state index in [9.17, 15) is 9.59 Å². The van der Waals surface area contributed by atoms with Gasteiger partial charge in [-0.15, -0.1) is 0 Å². The van der Waals surface area contributed by atoms with Gasteiger partial charge in [-0.25, -0.2) is 0 Å². The zero-order chi connectivity index (χ0) is 25.4. The first-order valence-electron chi connectivity index (χ1n) is 11.9. The number of nitrogens with zero attached hydrogens (tertiary/aromatic N) is 1. The summed E-state index contributed by atoms with van der Waals surface area (Å²) in [6, 6.07) is 22.4. The van der Waals surface area contributed by atoms with Crippen LogP contribution in [0, 0.1) is 6.92 Å². The molecule has 3 aromatic rings. The van der Waals surface area contributed by atoms with Crippen LogP contribution < -0.4 is 5.32 Å². The van der Waals surface area contributed by atoms with Crippen LogP contribution in [0.5, 0.6) is 0 Å². The monoisotopic (exact) mass is 510 g/mol. The molecule has 0 saturated heterocycles. The third kappa shape index (κ3) is 7.84. The van der Waals surface area contributed by atoms with Crippen LogP contribution in [0.3, 0.4) is 0 Å². The number of carbonyl (C=O) groups is 2. The van der Waals surface area contributed by atoms with Gasteiger partial charge in [0.05, 0.1) is 16.5 Å². The lowest BCUT2D eigenvalue weighted by atomic mass is 10.0. The highest BCUT2D eigenvalue weighted by atomic mass is 35.5. The Balaban J connectivity index is 1.98. The largest absolute Gasteiger partial charge is 0.352 e. The standard InChI is InChI=1S/C29H32Cl2N2O2/c1-4-21(3)32-29(35)27(17-22-10-6-5-7-11-22)33(19-24-12-8-9-20(2)15-24)28(34)18-23-13-14-25(30)26(31)16-23/h5-16,21,27H,4,17-19H2,1-3H3,(H,32,35)/t21-,27-/m1/s1. The fraction of sp³-hybridized carbons (Fsp3) is 0.310. The highest BCUT2D eigenvalue weighted by Gasteiger charge is 2.31. The molecule has 1 N–H and O–H groups in total. The average molecular weight is 511 g/mol. The molecule has 0 spiro atoms. The van der Waals surface area contributed by atoms with E-state index in [2.05, 4.69) is 5.32 Å². The molecule has 0 fully saturated rings. The van der Waals surface area contributed by atoms with Crippen molar-refractivity contribution in [2.45, 2.75) is 58.7 Å². The summed E-state index contributed by atoms with van der Waals surface area (Å²) in [4.78, 5) is 29.0. The summed E-state index contributed by atoms with van der Waals surface area (Å²) in [6.45, 7) is 6.34. The van der Waals surface area contributed by atoms with E-state index >= 15 is 0 Å². The molecule has 0 bridgehead atoms. The Labute approximate surface area is 218 Å². The topological polar surface area (TPSA) is 49.4 Å². The molecule has 0 aromatic heterocycles. The molecule has 0 radical (unpaired) electrons. The normalized spacial score (nSPS) is 12.6. The molecule has 0 aliphatic carbocycles. The first-order chi connectivity index (χ1) is 16.8. The third-order valence-electron chi connectivity index (χ3n) is 6.05. The van der Waals surface area contributed by atoms with Crippen LogP contribution in [0.4, 0.5) is 0 Å². The lowest BCUT2D eigenvalue weighted by Crippen LogP contribution is -2.52. The number of aryl methyl sites for hydroxylation is 1. The van der Waals surface area contributed by atoms with Crippen LogP contribution in [0.2, 0.25) is 10.0 Å². The van der Waals surface area contributed by atoms with Gasteiger partial charge >= 0.3 is 0 Å². The second kappa shape index (κ2) is 12.8. The molecule has 35 heavy (non-hydrogen) atoms. The Morgan fingerprint density at radius 3 is 2.26 bits per heavy atom. The van der Waals surface area contributed by atoms with Crippen molar-refractivity contribution in [3.63, 3.8) is 0 Å². The minimum absolute atomic E-state index is 0.00627. The molecule has 3 rings (SSSR count). The number of benzene rings is 3. The van der Waals surface area contributed by atoms with E-state index in [0.717, 1.165) is 28.7 Å². The van der Waals surface area contributed by atoms with Crippen LogP contribution in [0.1, 0.15) is 42.5 Å². The van der Waals surface area contributed by atoms with Crippen LogP contribution in [-0.2, 0) is 29.0 Å². The van der Waals surface area contributed by atoms with Gasteiger partial charge in [0.1, 0.15) is 6.04 Å². The summed E-state index contributed by atoms with van der Waals surface area (Å²) < 4.78 is 0. The van der Waals surface area contributed by atoms with Gasteiger partial charge in [-0.2, -0.15) is 0 Å². The summed E-state index contributed by atoms with van der Waals surface area (Å²) in [5, 5.41) is 3.93. The molecule has 0 heterocycles. The SMILES string of the molecule is CC[C@@H](C)NC(=O)[C@@H](Cc1ccccc1)N(Cc1cccc(C)c1)C(=O)Cc1ccc(Cl)c(Cl)c1. The molecule has 0 aliphatic rings. The summed E-state index contributed by atoms with van der Waals surface area (Å²) in [5.74, 6) is -0.302. The number of hydrogen-bond acceptors (Lipinski definition) is 2. The molecular formula is C29H32Cl2N2O2. The maximum atomic E-state index is 13.8. The average Bonchev–Trinajstić information content (AvgIpc) is 2.84. The van der Waals surface area contributed by atoms with E-state index in [0.29, 0.717) is 23.0 Å². The van der Waals surface area contributed by atoms with Crippen LogP contribution in [0.25, 0.3) is 0 Å².